The summed E-state index contributed by atoms with van der Waals surface area (Å²) in [6, 6.07) is 5.08. The van der Waals surface area contributed by atoms with Crippen LogP contribution in [-0.2, 0) is 14.3 Å². The van der Waals surface area contributed by atoms with Gasteiger partial charge in [-0.25, -0.2) is 0 Å². The fourth-order valence-electron chi connectivity index (χ4n) is 2.59. The molecular weight excluding hydrogens is 352 g/mol. The molecule has 0 spiro atoms. The number of anilines is 1. The summed E-state index contributed by atoms with van der Waals surface area (Å²) in [7, 11) is 0. The van der Waals surface area contributed by atoms with E-state index in [0.29, 0.717) is 34.7 Å². The van der Waals surface area contributed by atoms with Crippen LogP contribution in [0.4, 0.5) is 5.69 Å². The fraction of sp³-hybridized carbons (Fsp3) is 0.500. The molecule has 1 N–H and O–H groups in total. The first kappa shape index (κ1) is 17.4. The quantitative estimate of drug-likeness (QED) is 0.832. The molecule has 2 saturated heterocycles. The number of carbonyl (C=O) groups is 2. The number of benzene rings is 1. The van der Waals surface area contributed by atoms with Gasteiger partial charge in [-0.3, -0.25) is 9.59 Å². The van der Waals surface area contributed by atoms with E-state index in [4.69, 9.17) is 21.1 Å². The highest BCUT2D eigenvalue weighted by Crippen LogP contribution is 2.29. The maximum Gasteiger partial charge on any atom is 0.244 e. The molecule has 0 saturated carbocycles. The molecule has 0 aliphatic carbocycles. The summed E-state index contributed by atoms with van der Waals surface area (Å²) in [4.78, 5) is 25.3. The Morgan fingerprint density at radius 2 is 2.38 bits per heavy atom. The van der Waals surface area contributed by atoms with E-state index in [1.165, 1.54) is 16.7 Å². The lowest BCUT2D eigenvalue weighted by atomic mass is 10.2. The molecule has 2 aliphatic rings. The van der Waals surface area contributed by atoms with E-state index in [0.717, 1.165) is 19.4 Å². The molecule has 24 heavy (non-hydrogen) atoms. The monoisotopic (exact) mass is 370 g/mol. The lowest BCUT2D eigenvalue weighted by Crippen LogP contribution is -2.34. The van der Waals surface area contributed by atoms with Crippen molar-refractivity contribution in [1.29, 1.82) is 0 Å². The number of nitrogens with zero attached hydrogens (tertiary/aromatic N) is 1. The minimum Gasteiger partial charge on any atom is -0.489 e. The second kappa shape index (κ2) is 8.09. The van der Waals surface area contributed by atoms with Gasteiger partial charge in [0.15, 0.2) is 0 Å². The Balaban J connectivity index is 1.61. The molecule has 2 aliphatic heterocycles. The van der Waals surface area contributed by atoms with Crippen LogP contribution < -0.4 is 10.1 Å². The lowest BCUT2D eigenvalue weighted by Gasteiger charge is -2.17. The zero-order chi connectivity index (χ0) is 16.9. The molecule has 0 bridgehead atoms. The Morgan fingerprint density at radius 3 is 3.08 bits per heavy atom. The third-order valence-corrected chi connectivity index (χ3v) is 5.00. The summed E-state index contributed by atoms with van der Waals surface area (Å²) in [5.41, 5.74) is 0.504. The van der Waals surface area contributed by atoms with Gasteiger partial charge >= 0.3 is 0 Å². The molecule has 130 valence electrons. The van der Waals surface area contributed by atoms with Crippen molar-refractivity contribution in [1.82, 2.24) is 4.90 Å². The highest BCUT2D eigenvalue weighted by Gasteiger charge is 2.23. The number of hydrogen-bond acceptors (Lipinski definition) is 5. The predicted octanol–water partition coefficient (Wildman–Crippen LogP) is 2.37. The van der Waals surface area contributed by atoms with Gasteiger partial charge < -0.3 is 19.7 Å². The molecule has 2 heterocycles. The number of carbonyl (C=O) groups excluding carboxylic acids is 2. The third kappa shape index (κ3) is 4.55. The van der Waals surface area contributed by atoms with Gasteiger partial charge in [0.25, 0.3) is 0 Å². The highest BCUT2D eigenvalue weighted by atomic mass is 35.5. The molecule has 1 unspecified atom stereocenters. The van der Waals surface area contributed by atoms with Gasteiger partial charge in [0, 0.05) is 11.6 Å². The molecule has 0 radical (unpaired) electrons. The first-order valence-corrected chi connectivity index (χ1v) is 9.34. The van der Waals surface area contributed by atoms with E-state index < -0.39 is 0 Å². The standard InChI is InChI=1S/C16H19ClN2O4S/c17-11-3-4-14(23-8-12-2-1-5-22-12)13(6-11)18-15(20)7-19-10-24-9-16(19)21/h3-4,6,12H,1-2,5,7-10H2,(H,18,20). The third-order valence-electron chi connectivity index (χ3n) is 3.82. The normalized spacial score (nSPS) is 20.5. The minimum absolute atomic E-state index is 0.0175. The average Bonchev–Trinajstić information content (AvgIpc) is 3.19. The van der Waals surface area contributed by atoms with Crippen LogP contribution in [-0.4, -0.2) is 54.2 Å². The molecule has 3 rings (SSSR count). The summed E-state index contributed by atoms with van der Waals surface area (Å²) in [5, 5.41) is 3.28. The summed E-state index contributed by atoms with van der Waals surface area (Å²) in [5.74, 6) is 1.24. The second-order valence-corrected chi connectivity index (χ2v) is 7.10. The first-order chi connectivity index (χ1) is 11.6. The maximum absolute atomic E-state index is 12.2. The van der Waals surface area contributed by atoms with E-state index in [-0.39, 0.29) is 24.5 Å². The summed E-state index contributed by atoms with van der Waals surface area (Å²) < 4.78 is 11.3. The van der Waals surface area contributed by atoms with Crippen molar-refractivity contribution in [3.63, 3.8) is 0 Å². The van der Waals surface area contributed by atoms with Crippen LogP contribution in [0.5, 0.6) is 5.75 Å². The number of hydrogen-bond donors (Lipinski definition) is 1. The van der Waals surface area contributed by atoms with Crippen LogP contribution >= 0.6 is 23.4 Å². The smallest absolute Gasteiger partial charge is 0.244 e. The molecule has 1 aromatic carbocycles. The first-order valence-electron chi connectivity index (χ1n) is 7.81. The van der Waals surface area contributed by atoms with Crippen LogP contribution in [0.3, 0.4) is 0 Å². The number of halogens is 1. The average molecular weight is 371 g/mol. The van der Waals surface area contributed by atoms with Gasteiger partial charge in [-0.15, -0.1) is 11.8 Å². The Hall–Kier alpha value is -1.44. The van der Waals surface area contributed by atoms with Crippen molar-refractivity contribution in [3.8, 4) is 5.75 Å². The van der Waals surface area contributed by atoms with E-state index >= 15 is 0 Å². The van der Waals surface area contributed by atoms with Gasteiger partial charge in [0.1, 0.15) is 18.9 Å². The Morgan fingerprint density at radius 1 is 1.50 bits per heavy atom. The van der Waals surface area contributed by atoms with Crippen molar-refractivity contribution < 1.29 is 19.1 Å². The zero-order valence-corrected chi connectivity index (χ0v) is 14.7. The summed E-state index contributed by atoms with van der Waals surface area (Å²) in [6.45, 7) is 1.23. The van der Waals surface area contributed by atoms with Crippen LogP contribution in [0, 0.1) is 0 Å². The lowest BCUT2D eigenvalue weighted by molar-refractivity contribution is -0.130. The second-order valence-electron chi connectivity index (χ2n) is 5.70. The van der Waals surface area contributed by atoms with Crippen molar-refractivity contribution in [2.75, 3.05) is 36.7 Å². The molecule has 1 aromatic rings. The van der Waals surface area contributed by atoms with Crippen LogP contribution in [0.25, 0.3) is 0 Å². The Labute approximate surface area is 149 Å². The molecule has 8 heteroatoms. The topological polar surface area (TPSA) is 67.9 Å². The number of amides is 2. The molecule has 1 atom stereocenters. The zero-order valence-electron chi connectivity index (χ0n) is 13.1. The van der Waals surface area contributed by atoms with Crippen molar-refractivity contribution >= 4 is 40.9 Å². The Kier molecular flexibility index (Phi) is 5.86. The SMILES string of the molecule is O=C(CN1CSCC1=O)Nc1cc(Cl)ccc1OCC1CCCO1. The van der Waals surface area contributed by atoms with E-state index in [9.17, 15) is 9.59 Å². The molecule has 0 aromatic heterocycles. The molecular formula is C16H19ClN2O4S. The van der Waals surface area contributed by atoms with Gasteiger partial charge in [0.2, 0.25) is 11.8 Å². The molecule has 2 fully saturated rings. The largest absolute Gasteiger partial charge is 0.489 e. The van der Waals surface area contributed by atoms with Crippen molar-refractivity contribution in [2.45, 2.75) is 18.9 Å². The van der Waals surface area contributed by atoms with Crippen LogP contribution in [0.15, 0.2) is 18.2 Å². The Bertz CT molecular complexity index is 622. The number of ether oxygens (including phenoxy) is 2. The van der Waals surface area contributed by atoms with Gasteiger partial charge in [0.05, 0.1) is 23.4 Å². The van der Waals surface area contributed by atoms with Crippen LogP contribution in [0.2, 0.25) is 5.02 Å². The number of thioether (sulfide) groups is 1. The fourth-order valence-corrected chi connectivity index (χ4v) is 3.66. The molecule has 2 amide bonds. The van der Waals surface area contributed by atoms with E-state index in [1.54, 1.807) is 18.2 Å². The van der Waals surface area contributed by atoms with Crippen molar-refractivity contribution in [2.24, 2.45) is 0 Å². The highest BCUT2D eigenvalue weighted by molar-refractivity contribution is 8.00. The van der Waals surface area contributed by atoms with E-state index in [1.807, 2.05) is 0 Å². The number of rotatable bonds is 6. The minimum atomic E-state index is -0.268. The van der Waals surface area contributed by atoms with Gasteiger partial charge in [-0.05, 0) is 31.0 Å². The maximum atomic E-state index is 12.2. The van der Waals surface area contributed by atoms with Gasteiger partial charge in [-0.1, -0.05) is 11.6 Å². The summed E-state index contributed by atoms with van der Waals surface area (Å²) in [6.07, 6.45) is 2.10. The predicted molar refractivity (Wildman–Crippen MR) is 93.6 cm³/mol. The molecule has 6 nitrogen and oxygen atoms in total. The van der Waals surface area contributed by atoms with Gasteiger partial charge in [-0.2, -0.15) is 0 Å². The van der Waals surface area contributed by atoms with Crippen molar-refractivity contribution in [3.05, 3.63) is 23.2 Å². The summed E-state index contributed by atoms with van der Waals surface area (Å²) >= 11 is 7.52. The number of nitrogens with one attached hydrogen (secondary N) is 1. The van der Waals surface area contributed by atoms with E-state index in [2.05, 4.69) is 5.32 Å². The van der Waals surface area contributed by atoms with Crippen LogP contribution in [0.1, 0.15) is 12.8 Å².